The fraction of sp³-hybridized carbons (Fsp3) is 0.455. The fourth-order valence-electron chi connectivity index (χ4n) is 1.13. The molecular weight excluding hydrogens is 186 g/mol. The summed E-state index contributed by atoms with van der Waals surface area (Å²) >= 11 is 0. The molecule has 3 heteroatoms. The second-order valence-electron chi connectivity index (χ2n) is 3.13. The smallest absolute Gasteiger partial charge is 0.167 e. The Morgan fingerprint density at radius 2 is 2.00 bits per heavy atom. The molecule has 0 N–H and O–H groups in total. The molecule has 0 radical (unpaired) electrons. The van der Waals surface area contributed by atoms with Crippen molar-refractivity contribution < 1.29 is 13.5 Å². The lowest BCUT2D eigenvalue weighted by molar-refractivity contribution is 0.290. The Hall–Kier alpha value is -1.12. The average molecular weight is 200 g/mol. The summed E-state index contributed by atoms with van der Waals surface area (Å²) in [6.45, 7) is 2.56. The Morgan fingerprint density at radius 1 is 1.21 bits per heavy atom. The van der Waals surface area contributed by atoms with E-state index in [2.05, 4.69) is 6.92 Å². The van der Waals surface area contributed by atoms with Crippen molar-refractivity contribution in [3.63, 3.8) is 0 Å². The highest BCUT2D eigenvalue weighted by Gasteiger charge is 2.03. The molecule has 0 atom stereocenters. The van der Waals surface area contributed by atoms with Gasteiger partial charge in [0.05, 0.1) is 6.61 Å². The Morgan fingerprint density at radius 3 is 2.64 bits per heavy atom. The third-order valence-electron chi connectivity index (χ3n) is 1.90. The molecule has 0 heterocycles. The summed E-state index contributed by atoms with van der Waals surface area (Å²) in [6.07, 6.45) is 3.05. The zero-order valence-corrected chi connectivity index (χ0v) is 8.22. The first-order valence-electron chi connectivity index (χ1n) is 4.82. The van der Waals surface area contributed by atoms with Crippen LogP contribution in [0.25, 0.3) is 0 Å². The molecule has 0 aromatic heterocycles. The van der Waals surface area contributed by atoms with E-state index in [0.717, 1.165) is 25.3 Å². The van der Waals surface area contributed by atoms with Gasteiger partial charge in [0.25, 0.3) is 0 Å². The van der Waals surface area contributed by atoms with Crippen molar-refractivity contribution in [2.45, 2.75) is 26.2 Å². The number of hydrogen-bond donors (Lipinski definition) is 0. The van der Waals surface area contributed by atoms with Gasteiger partial charge in [-0.3, -0.25) is 0 Å². The van der Waals surface area contributed by atoms with Gasteiger partial charge in [-0.05, 0) is 18.6 Å². The maximum Gasteiger partial charge on any atom is 0.167 e. The van der Waals surface area contributed by atoms with Crippen LogP contribution in [-0.2, 0) is 0 Å². The van der Waals surface area contributed by atoms with Gasteiger partial charge in [0, 0.05) is 6.07 Å². The summed E-state index contributed by atoms with van der Waals surface area (Å²) in [5.41, 5.74) is 0. The van der Waals surface area contributed by atoms with Gasteiger partial charge >= 0.3 is 0 Å². The normalized spacial score (nSPS) is 10.2. The van der Waals surface area contributed by atoms with Crippen molar-refractivity contribution in [2.75, 3.05) is 6.61 Å². The molecule has 1 nitrogen and oxygen atoms in total. The molecule has 0 saturated carbocycles. The number of rotatable bonds is 5. The number of halogens is 2. The lowest BCUT2D eigenvalue weighted by Gasteiger charge is -2.06. The number of unbranched alkanes of at least 4 members (excludes halogenated alkanes) is 2. The minimum atomic E-state index is -0.638. The predicted molar refractivity (Wildman–Crippen MR) is 51.4 cm³/mol. The van der Waals surface area contributed by atoms with Crippen LogP contribution < -0.4 is 4.74 Å². The number of ether oxygens (including phenoxy) is 1. The Labute approximate surface area is 82.7 Å². The summed E-state index contributed by atoms with van der Waals surface area (Å²) in [7, 11) is 0. The van der Waals surface area contributed by atoms with Crippen LogP contribution in [0.3, 0.4) is 0 Å². The maximum atomic E-state index is 13.0. The van der Waals surface area contributed by atoms with Crippen molar-refractivity contribution in [3.05, 3.63) is 29.8 Å². The SMILES string of the molecule is CCCCCOc1ccc(F)cc1F. The molecule has 0 fully saturated rings. The van der Waals surface area contributed by atoms with E-state index < -0.39 is 11.6 Å². The largest absolute Gasteiger partial charge is 0.491 e. The molecule has 0 aliphatic rings. The van der Waals surface area contributed by atoms with Gasteiger partial charge in [-0.25, -0.2) is 8.78 Å². The van der Waals surface area contributed by atoms with Crippen LogP contribution in [0.2, 0.25) is 0 Å². The third-order valence-corrected chi connectivity index (χ3v) is 1.90. The van der Waals surface area contributed by atoms with E-state index in [0.29, 0.717) is 6.61 Å². The molecule has 1 rings (SSSR count). The van der Waals surface area contributed by atoms with Gasteiger partial charge in [0.15, 0.2) is 11.6 Å². The molecule has 0 amide bonds. The molecular formula is C11H14F2O. The van der Waals surface area contributed by atoms with Crippen molar-refractivity contribution >= 4 is 0 Å². The molecule has 0 aliphatic heterocycles. The first kappa shape index (κ1) is 11.0. The van der Waals surface area contributed by atoms with Gasteiger partial charge in [-0.2, -0.15) is 0 Å². The molecule has 0 bridgehead atoms. The topological polar surface area (TPSA) is 9.23 Å². The molecule has 0 aliphatic carbocycles. The van der Waals surface area contributed by atoms with E-state index in [1.807, 2.05) is 0 Å². The van der Waals surface area contributed by atoms with Crippen LogP contribution >= 0.6 is 0 Å². The molecule has 0 spiro atoms. The molecule has 1 aromatic carbocycles. The Kier molecular flexibility index (Phi) is 4.36. The highest BCUT2D eigenvalue weighted by Crippen LogP contribution is 2.17. The van der Waals surface area contributed by atoms with Gasteiger partial charge in [-0.15, -0.1) is 0 Å². The Balaban J connectivity index is 2.42. The zero-order chi connectivity index (χ0) is 10.4. The first-order valence-corrected chi connectivity index (χ1v) is 4.82. The number of benzene rings is 1. The first-order chi connectivity index (χ1) is 6.74. The van der Waals surface area contributed by atoms with Crippen LogP contribution in [0, 0.1) is 11.6 Å². The molecule has 78 valence electrons. The monoisotopic (exact) mass is 200 g/mol. The van der Waals surface area contributed by atoms with Crippen LogP contribution in [0.5, 0.6) is 5.75 Å². The van der Waals surface area contributed by atoms with Gasteiger partial charge < -0.3 is 4.74 Å². The molecule has 14 heavy (non-hydrogen) atoms. The summed E-state index contributed by atoms with van der Waals surface area (Å²) in [5, 5.41) is 0. The zero-order valence-electron chi connectivity index (χ0n) is 8.22. The van der Waals surface area contributed by atoms with Gasteiger partial charge in [0.2, 0.25) is 0 Å². The second-order valence-corrected chi connectivity index (χ2v) is 3.13. The average Bonchev–Trinajstić information content (AvgIpc) is 2.15. The standard InChI is InChI=1S/C11H14F2O/c1-2-3-4-7-14-11-6-5-9(12)8-10(11)13/h5-6,8H,2-4,7H2,1H3. The minimum Gasteiger partial charge on any atom is -0.491 e. The highest BCUT2D eigenvalue weighted by atomic mass is 19.1. The summed E-state index contributed by atoms with van der Waals surface area (Å²) < 4.78 is 30.6. The summed E-state index contributed by atoms with van der Waals surface area (Å²) in [6, 6.07) is 3.34. The van der Waals surface area contributed by atoms with Crippen molar-refractivity contribution in [1.82, 2.24) is 0 Å². The van der Waals surface area contributed by atoms with E-state index in [1.54, 1.807) is 0 Å². The van der Waals surface area contributed by atoms with E-state index in [-0.39, 0.29) is 5.75 Å². The van der Waals surface area contributed by atoms with Gasteiger partial charge in [-0.1, -0.05) is 19.8 Å². The van der Waals surface area contributed by atoms with Crippen LogP contribution in [0.4, 0.5) is 8.78 Å². The lowest BCUT2D eigenvalue weighted by atomic mass is 10.3. The lowest BCUT2D eigenvalue weighted by Crippen LogP contribution is -1.99. The van der Waals surface area contributed by atoms with Gasteiger partial charge in [0.1, 0.15) is 5.82 Å². The molecule has 1 aromatic rings. The van der Waals surface area contributed by atoms with E-state index in [1.165, 1.54) is 12.1 Å². The van der Waals surface area contributed by atoms with Crippen LogP contribution in [0.15, 0.2) is 18.2 Å². The van der Waals surface area contributed by atoms with E-state index >= 15 is 0 Å². The van der Waals surface area contributed by atoms with E-state index in [9.17, 15) is 8.78 Å². The Bertz CT molecular complexity index is 287. The maximum absolute atomic E-state index is 13.0. The summed E-state index contributed by atoms with van der Waals surface area (Å²) in [4.78, 5) is 0. The van der Waals surface area contributed by atoms with Crippen LogP contribution in [0.1, 0.15) is 26.2 Å². The third kappa shape index (κ3) is 3.32. The predicted octanol–water partition coefficient (Wildman–Crippen LogP) is 3.53. The van der Waals surface area contributed by atoms with Crippen molar-refractivity contribution in [2.24, 2.45) is 0 Å². The van der Waals surface area contributed by atoms with E-state index in [4.69, 9.17) is 4.74 Å². The molecule has 0 saturated heterocycles. The quantitative estimate of drug-likeness (QED) is 0.660. The highest BCUT2D eigenvalue weighted by molar-refractivity contribution is 5.24. The second kappa shape index (κ2) is 5.58. The minimum absolute atomic E-state index is 0.127. The summed E-state index contributed by atoms with van der Waals surface area (Å²) in [5.74, 6) is -1.09. The fourth-order valence-corrected chi connectivity index (χ4v) is 1.13. The molecule has 0 unspecified atom stereocenters. The van der Waals surface area contributed by atoms with Crippen molar-refractivity contribution in [3.8, 4) is 5.75 Å². The van der Waals surface area contributed by atoms with Crippen LogP contribution in [-0.4, -0.2) is 6.61 Å². The number of hydrogen-bond acceptors (Lipinski definition) is 1. The van der Waals surface area contributed by atoms with Crippen molar-refractivity contribution in [1.29, 1.82) is 0 Å².